The van der Waals surface area contributed by atoms with Crippen LogP contribution < -0.4 is 4.90 Å². The van der Waals surface area contributed by atoms with Crippen LogP contribution in [0.15, 0.2) is 12.1 Å². The molecule has 1 saturated heterocycles. The molecule has 0 amide bonds. The van der Waals surface area contributed by atoms with E-state index in [-0.39, 0.29) is 5.69 Å². The molecule has 0 unspecified atom stereocenters. The maximum Gasteiger partial charge on any atom is 0.356 e. The van der Waals surface area contributed by atoms with Gasteiger partial charge < -0.3 is 10.0 Å². The number of aromatic nitrogens is 2. The number of anilines is 1. The zero-order valence-electron chi connectivity index (χ0n) is 10.4. The average molecular weight is 286 g/mol. The summed E-state index contributed by atoms with van der Waals surface area (Å²) >= 11 is 0. The third-order valence-electron chi connectivity index (χ3n) is 2.90. The Kier molecular flexibility index (Phi) is 3.67. The number of nitrogens with zero attached hydrogens (tertiary/aromatic N) is 4. The van der Waals surface area contributed by atoms with Crippen molar-refractivity contribution in [3.8, 4) is 0 Å². The maximum absolute atomic E-state index is 11.4. The van der Waals surface area contributed by atoms with Gasteiger partial charge in [-0.25, -0.2) is 13.2 Å². The maximum atomic E-state index is 11.4. The minimum Gasteiger partial charge on any atom is -0.476 e. The van der Waals surface area contributed by atoms with E-state index in [1.54, 1.807) is 6.07 Å². The molecule has 104 valence electrons. The summed E-state index contributed by atoms with van der Waals surface area (Å²) in [5, 5.41) is 16.2. The van der Waals surface area contributed by atoms with Crippen LogP contribution in [0.25, 0.3) is 0 Å². The summed E-state index contributed by atoms with van der Waals surface area (Å²) in [6.07, 6.45) is 1.18. The second-order valence-electron chi connectivity index (χ2n) is 4.23. The molecule has 0 radical (unpaired) electrons. The smallest absolute Gasteiger partial charge is 0.356 e. The Morgan fingerprint density at radius 3 is 2.26 bits per heavy atom. The number of hydrogen-bond acceptors (Lipinski definition) is 6. The van der Waals surface area contributed by atoms with Crippen LogP contribution in [0.4, 0.5) is 5.82 Å². The minimum atomic E-state index is -3.16. The van der Waals surface area contributed by atoms with Crippen molar-refractivity contribution in [2.75, 3.05) is 37.3 Å². The Morgan fingerprint density at radius 1 is 1.21 bits per heavy atom. The fraction of sp³-hybridized carbons (Fsp3) is 0.500. The Morgan fingerprint density at radius 2 is 1.84 bits per heavy atom. The van der Waals surface area contributed by atoms with Gasteiger partial charge in [-0.1, -0.05) is 0 Å². The second-order valence-corrected chi connectivity index (χ2v) is 6.21. The van der Waals surface area contributed by atoms with E-state index in [9.17, 15) is 13.2 Å². The number of rotatable bonds is 3. The van der Waals surface area contributed by atoms with Crippen molar-refractivity contribution >= 4 is 21.8 Å². The molecule has 9 heteroatoms. The molecule has 2 rings (SSSR count). The first kappa shape index (κ1) is 13.7. The Labute approximate surface area is 110 Å². The molecule has 19 heavy (non-hydrogen) atoms. The van der Waals surface area contributed by atoms with Gasteiger partial charge in [-0.05, 0) is 12.1 Å². The first-order chi connectivity index (χ1) is 8.88. The molecule has 0 bridgehead atoms. The number of aromatic carboxylic acids is 1. The molecule has 0 saturated carbocycles. The number of carboxylic acid groups (broad SMARTS) is 1. The van der Waals surface area contributed by atoms with E-state index >= 15 is 0 Å². The van der Waals surface area contributed by atoms with Crippen molar-refractivity contribution in [2.24, 2.45) is 0 Å². The Bertz CT molecular complexity index is 564. The summed E-state index contributed by atoms with van der Waals surface area (Å²) < 4.78 is 24.1. The van der Waals surface area contributed by atoms with Gasteiger partial charge in [0.15, 0.2) is 11.5 Å². The fourth-order valence-electron chi connectivity index (χ4n) is 1.86. The number of carbonyl (C=O) groups is 1. The van der Waals surface area contributed by atoms with E-state index in [0.717, 1.165) is 0 Å². The summed E-state index contributed by atoms with van der Waals surface area (Å²) in [5.41, 5.74) is -0.112. The molecule has 0 aliphatic carbocycles. The van der Waals surface area contributed by atoms with E-state index in [1.165, 1.54) is 16.6 Å². The predicted octanol–water partition coefficient (Wildman–Crippen LogP) is -0.744. The summed E-state index contributed by atoms with van der Waals surface area (Å²) in [6, 6.07) is 2.96. The highest BCUT2D eigenvalue weighted by Gasteiger charge is 2.24. The lowest BCUT2D eigenvalue weighted by atomic mass is 10.3. The molecule has 8 nitrogen and oxygen atoms in total. The van der Waals surface area contributed by atoms with Crippen molar-refractivity contribution in [1.82, 2.24) is 14.5 Å². The first-order valence-electron chi connectivity index (χ1n) is 5.65. The van der Waals surface area contributed by atoms with Crippen LogP contribution in [0.3, 0.4) is 0 Å². The van der Waals surface area contributed by atoms with Gasteiger partial charge in [0.1, 0.15) is 0 Å². The largest absolute Gasteiger partial charge is 0.476 e. The van der Waals surface area contributed by atoms with Crippen LogP contribution in [0.5, 0.6) is 0 Å². The molecular formula is C10H14N4O4S. The molecule has 0 spiro atoms. The highest BCUT2D eigenvalue weighted by Crippen LogP contribution is 2.14. The van der Waals surface area contributed by atoms with Gasteiger partial charge in [-0.15, -0.1) is 10.2 Å². The van der Waals surface area contributed by atoms with Crippen molar-refractivity contribution in [3.63, 3.8) is 0 Å². The van der Waals surface area contributed by atoms with Gasteiger partial charge >= 0.3 is 5.97 Å². The van der Waals surface area contributed by atoms with Gasteiger partial charge in [-0.3, -0.25) is 0 Å². The topological polar surface area (TPSA) is 104 Å². The molecule has 1 aliphatic heterocycles. The molecule has 1 aromatic heterocycles. The molecule has 0 aromatic carbocycles. The van der Waals surface area contributed by atoms with E-state index < -0.39 is 16.0 Å². The highest BCUT2D eigenvalue weighted by atomic mass is 32.2. The lowest BCUT2D eigenvalue weighted by Gasteiger charge is -2.33. The van der Waals surface area contributed by atoms with E-state index in [4.69, 9.17) is 5.11 Å². The molecule has 1 aromatic rings. The zero-order valence-corrected chi connectivity index (χ0v) is 11.2. The van der Waals surface area contributed by atoms with E-state index in [2.05, 4.69) is 10.2 Å². The number of sulfonamides is 1. The van der Waals surface area contributed by atoms with Crippen LogP contribution >= 0.6 is 0 Å². The normalized spacial score (nSPS) is 17.4. The van der Waals surface area contributed by atoms with Crippen molar-refractivity contribution < 1.29 is 18.3 Å². The molecule has 1 fully saturated rings. The number of piperazine rings is 1. The lowest BCUT2D eigenvalue weighted by molar-refractivity contribution is 0.0689. The van der Waals surface area contributed by atoms with E-state index in [0.29, 0.717) is 32.0 Å². The Balaban J connectivity index is 2.03. The van der Waals surface area contributed by atoms with Gasteiger partial charge in [0.05, 0.1) is 6.26 Å². The third-order valence-corrected chi connectivity index (χ3v) is 4.20. The van der Waals surface area contributed by atoms with Crippen LogP contribution in [0.1, 0.15) is 10.5 Å². The van der Waals surface area contributed by atoms with Crippen molar-refractivity contribution in [1.29, 1.82) is 0 Å². The van der Waals surface area contributed by atoms with Crippen LogP contribution in [-0.4, -0.2) is 66.4 Å². The quantitative estimate of drug-likeness (QED) is 0.780. The highest BCUT2D eigenvalue weighted by molar-refractivity contribution is 7.88. The average Bonchev–Trinajstić information content (AvgIpc) is 2.38. The summed E-state index contributed by atoms with van der Waals surface area (Å²) in [5.74, 6) is -0.570. The molecule has 1 N–H and O–H groups in total. The van der Waals surface area contributed by atoms with Gasteiger partial charge in [0.2, 0.25) is 10.0 Å². The lowest BCUT2D eigenvalue weighted by Crippen LogP contribution is -2.48. The van der Waals surface area contributed by atoms with Crippen LogP contribution in [-0.2, 0) is 10.0 Å². The number of carboxylic acids is 1. The molecule has 1 aliphatic rings. The van der Waals surface area contributed by atoms with Gasteiger partial charge in [0.25, 0.3) is 0 Å². The molecule has 0 atom stereocenters. The van der Waals surface area contributed by atoms with Gasteiger partial charge in [0, 0.05) is 26.2 Å². The Hall–Kier alpha value is -1.74. The molecule has 2 heterocycles. The van der Waals surface area contributed by atoms with Crippen LogP contribution in [0.2, 0.25) is 0 Å². The summed E-state index contributed by atoms with van der Waals surface area (Å²) in [4.78, 5) is 12.5. The third kappa shape index (κ3) is 3.18. The fourth-order valence-corrected chi connectivity index (χ4v) is 2.68. The zero-order chi connectivity index (χ0) is 14.0. The summed E-state index contributed by atoms with van der Waals surface area (Å²) in [6.45, 7) is 1.80. The standard InChI is InChI=1S/C10H14N4O4S/c1-19(17,18)14-6-4-13(5-7-14)9-3-2-8(10(15)16)11-12-9/h2-3H,4-7H2,1H3,(H,15,16). The first-order valence-corrected chi connectivity index (χ1v) is 7.50. The van der Waals surface area contributed by atoms with Crippen molar-refractivity contribution in [2.45, 2.75) is 0 Å². The van der Waals surface area contributed by atoms with Crippen molar-refractivity contribution in [3.05, 3.63) is 17.8 Å². The molecular weight excluding hydrogens is 272 g/mol. The minimum absolute atomic E-state index is 0.112. The SMILES string of the molecule is CS(=O)(=O)N1CCN(c2ccc(C(=O)O)nn2)CC1. The van der Waals surface area contributed by atoms with Gasteiger partial charge in [-0.2, -0.15) is 4.31 Å². The second kappa shape index (κ2) is 5.10. The predicted molar refractivity (Wildman–Crippen MR) is 67.6 cm³/mol. The monoisotopic (exact) mass is 286 g/mol. The number of hydrogen-bond donors (Lipinski definition) is 1. The van der Waals surface area contributed by atoms with E-state index in [1.807, 2.05) is 4.90 Å². The van der Waals surface area contributed by atoms with Crippen LogP contribution in [0, 0.1) is 0 Å². The summed E-state index contributed by atoms with van der Waals surface area (Å²) in [7, 11) is -3.16.